The van der Waals surface area contributed by atoms with E-state index in [1.54, 1.807) is 18.2 Å². The van der Waals surface area contributed by atoms with E-state index in [4.69, 9.17) is 5.73 Å². The Bertz CT molecular complexity index is 574. The van der Waals surface area contributed by atoms with Crippen molar-refractivity contribution in [3.8, 4) is 0 Å². The van der Waals surface area contributed by atoms with Crippen molar-refractivity contribution in [1.82, 2.24) is 0 Å². The van der Waals surface area contributed by atoms with Crippen LogP contribution in [0.25, 0.3) is 5.73 Å². The van der Waals surface area contributed by atoms with E-state index in [2.05, 4.69) is 46.9 Å². The molecule has 0 saturated carbocycles. The maximum atomic E-state index is 10.5. The first kappa shape index (κ1) is 32.5. The van der Waals surface area contributed by atoms with Gasteiger partial charge in [0.1, 0.15) is 0 Å². The Morgan fingerprint density at radius 3 is 1.80 bits per heavy atom. The second kappa shape index (κ2) is 17.3. The Morgan fingerprint density at radius 2 is 1.60 bits per heavy atom. The smallest absolute Gasteiger partial charge is 1.00 e. The standard InChI is InChI=1S/C9H13.C8H9NO.C2H6Si.2ClH.Hf/c1-6-5-7(2)9(4)8(6)3;1-6-3-2-4-7(5-6)8(9)10;1-3-2;;;/h6H,1-4H3;2-5H,1H3,(H2,9,10);1-2H3;2*1H;/q-1;;;;;+4/p-3. The molecule has 2 radical (unpaired) electrons. The van der Waals surface area contributed by atoms with Gasteiger partial charge >= 0.3 is 25.8 Å². The van der Waals surface area contributed by atoms with E-state index in [1.165, 1.54) is 16.7 Å². The van der Waals surface area contributed by atoms with E-state index < -0.39 is 5.91 Å². The molecule has 1 amide bonds. The molecule has 136 valence electrons. The van der Waals surface area contributed by atoms with Gasteiger partial charge in [-0.1, -0.05) is 69.6 Å². The zero-order chi connectivity index (χ0) is 17.3. The molecule has 0 spiro atoms. The van der Waals surface area contributed by atoms with Crippen molar-refractivity contribution in [2.45, 2.75) is 47.7 Å². The molecule has 1 aliphatic rings. The summed E-state index contributed by atoms with van der Waals surface area (Å²) >= 11 is 0. The third-order valence-electron chi connectivity index (χ3n) is 3.52. The van der Waals surface area contributed by atoms with Crippen LogP contribution in [0.3, 0.4) is 0 Å². The summed E-state index contributed by atoms with van der Waals surface area (Å²) in [5.74, 6) is -0.0614. The third kappa shape index (κ3) is 12.8. The Labute approximate surface area is 187 Å². The predicted molar refractivity (Wildman–Crippen MR) is 97.3 cm³/mol. The van der Waals surface area contributed by atoms with Gasteiger partial charge in [-0.2, -0.15) is 11.1 Å². The molecule has 2 nitrogen and oxygen atoms in total. The number of carbonyl (C=O) groups is 1. The average Bonchev–Trinajstić information content (AvgIpc) is 2.67. The number of amides is 1. The van der Waals surface area contributed by atoms with Crippen molar-refractivity contribution in [2.75, 3.05) is 0 Å². The minimum atomic E-state index is -0.622. The fourth-order valence-corrected chi connectivity index (χ4v) is 1.95. The molecule has 25 heavy (non-hydrogen) atoms. The summed E-state index contributed by atoms with van der Waals surface area (Å²) in [6, 6.07) is 7.02. The van der Waals surface area contributed by atoms with Crippen LogP contribution in [0.4, 0.5) is 0 Å². The van der Waals surface area contributed by atoms with Crippen LogP contribution >= 0.6 is 0 Å². The second-order valence-electron chi connectivity index (χ2n) is 5.50. The fraction of sp³-hybridized carbons (Fsp3) is 0.421. The van der Waals surface area contributed by atoms with Crippen molar-refractivity contribution in [3.05, 3.63) is 63.9 Å². The topological polar surface area (TPSA) is 40.9 Å². The number of allylic oxidation sites excluding steroid dienone is 4. The summed E-state index contributed by atoms with van der Waals surface area (Å²) in [4.78, 5) is 10.5. The van der Waals surface area contributed by atoms with Crippen molar-refractivity contribution < 1.29 is 55.5 Å². The third-order valence-corrected chi connectivity index (χ3v) is 3.52. The molecule has 0 bridgehead atoms. The number of carbonyl (C=O) groups excluding carboxylic acids is 1. The zero-order valence-electron chi connectivity index (χ0n) is 16.1. The van der Waals surface area contributed by atoms with Gasteiger partial charge in [-0.3, -0.25) is 6.08 Å². The Balaban J connectivity index is -0.000000139. The molecule has 0 fully saturated rings. The first-order valence-corrected chi connectivity index (χ1v) is 9.43. The second-order valence-corrected chi connectivity index (χ2v) is 6.50. The quantitative estimate of drug-likeness (QED) is 0.343. The van der Waals surface area contributed by atoms with Crippen LogP contribution < -0.4 is 24.8 Å². The molecule has 1 aromatic rings. The van der Waals surface area contributed by atoms with Gasteiger partial charge in [0.2, 0.25) is 0 Å². The molecule has 0 heterocycles. The molecule has 1 N–H and O–H groups in total. The van der Waals surface area contributed by atoms with Crippen molar-refractivity contribution >= 4 is 15.4 Å². The van der Waals surface area contributed by atoms with E-state index in [-0.39, 0.29) is 50.7 Å². The summed E-state index contributed by atoms with van der Waals surface area (Å²) in [5.41, 5.74) is 12.5. The number of aryl methyl sites for hydroxylation is 1. The van der Waals surface area contributed by atoms with Crippen LogP contribution in [0.1, 0.15) is 43.6 Å². The summed E-state index contributed by atoms with van der Waals surface area (Å²) in [6.07, 6.45) is 3.36. The van der Waals surface area contributed by atoms with Gasteiger partial charge in [-0.05, 0) is 12.5 Å². The van der Waals surface area contributed by atoms with Gasteiger partial charge in [-0.25, -0.2) is 5.57 Å². The molecule has 2 rings (SSSR count). The first-order valence-electron chi connectivity index (χ1n) is 7.43. The van der Waals surface area contributed by atoms with E-state index in [1.807, 2.05) is 13.0 Å². The number of hydrogen-bond acceptors (Lipinski definition) is 1. The molecule has 1 aromatic carbocycles. The zero-order valence-corrected chi connectivity index (χ0v) is 22.2. The molecule has 6 heteroatoms. The molecule has 1 atom stereocenters. The number of benzene rings is 1. The van der Waals surface area contributed by atoms with Crippen LogP contribution in [-0.2, 0) is 25.8 Å². The number of nitrogens with one attached hydrogen (secondary N) is 1. The van der Waals surface area contributed by atoms with Gasteiger partial charge in [0.05, 0.1) is 5.91 Å². The van der Waals surface area contributed by atoms with E-state index in [0.29, 0.717) is 11.5 Å². The Morgan fingerprint density at radius 1 is 1.12 bits per heavy atom. The molecule has 0 saturated heterocycles. The summed E-state index contributed by atoms with van der Waals surface area (Å²) in [5, 5.41) is 0. The Hall–Kier alpha value is -0.163. The van der Waals surface area contributed by atoms with Gasteiger partial charge in [-0.15, -0.1) is 6.92 Å². The van der Waals surface area contributed by atoms with Crippen LogP contribution in [0.5, 0.6) is 0 Å². The van der Waals surface area contributed by atoms with Crippen LogP contribution in [0.15, 0.2) is 41.0 Å². The molecular weight excluding hydrogens is 536 g/mol. The van der Waals surface area contributed by atoms with Crippen LogP contribution in [-0.4, -0.2) is 15.4 Å². The summed E-state index contributed by atoms with van der Waals surface area (Å²) in [6.45, 7) is 14.9. The number of rotatable bonds is 1. The number of hydrogen-bond donors (Lipinski definition) is 0. The monoisotopic (exact) mass is 563 g/mol. The largest absolute Gasteiger partial charge is 4.00 e. The molecular formula is C19H27Cl2HfNOSi. The van der Waals surface area contributed by atoms with Crippen LogP contribution in [0, 0.1) is 18.9 Å². The minimum absolute atomic E-state index is 0. The summed E-state index contributed by atoms with van der Waals surface area (Å²) in [7, 11) is 1.08. The Kier molecular flexibility index (Phi) is 22.4. The van der Waals surface area contributed by atoms with Gasteiger partial charge in [0.15, 0.2) is 0 Å². The average molecular weight is 563 g/mol. The normalized spacial score (nSPS) is 14.2. The SMILES string of the molecule is CC1=[C-]C(C)C(C)=C1C.C[Si]C.Cc1cccc(C([NH-])=O)c1.[Cl-].[Cl-].[Hf+4]. The maximum absolute atomic E-state index is 10.5. The fourth-order valence-electron chi connectivity index (χ4n) is 1.95. The van der Waals surface area contributed by atoms with E-state index in [9.17, 15) is 4.79 Å². The summed E-state index contributed by atoms with van der Waals surface area (Å²) < 4.78 is 0. The van der Waals surface area contributed by atoms with Gasteiger partial charge in [0.25, 0.3) is 0 Å². The van der Waals surface area contributed by atoms with Crippen LogP contribution in [0.2, 0.25) is 13.1 Å². The molecule has 0 aliphatic heterocycles. The van der Waals surface area contributed by atoms with Gasteiger partial charge in [0, 0.05) is 9.52 Å². The first-order chi connectivity index (χ1) is 10.2. The van der Waals surface area contributed by atoms with E-state index in [0.717, 1.165) is 15.1 Å². The van der Waals surface area contributed by atoms with E-state index >= 15 is 0 Å². The molecule has 1 aliphatic carbocycles. The van der Waals surface area contributed by atoms with Crippen molar-refractivity contribution in [1.29, 1.82) is 0 Å². The number of halogens is 2. The van der Waals surface area contributed by atoms with Crippen molar-refractivity contribution in [3.63, 3.8) is 0 Å². The maximum Gasteiger partial charge on any atom is 4.00 e. The van der Waals surface area contributed by atoms with Gasteiger partial charge < -0.3 is 35.3 Å². The van der Waals surface area contributed by atoms with Crippen molar-refractivity contribution in [2.24, 2.45) is 5.92 Å². The minimum Gasteiger partial charge on any atom is -1.00 e. The predicted octanol–water partition coefficient (Wildman–Crippen LogP) is -0.298. The molecule has 0 aromatic heterocycles. The molecule has 1 unspecified atom stereocenters.